The van der Waals surface area contributed by atoms with Crippen LogP contribution in [0.25, 0.3) is 11.2 Å². The van der Waals surface area contributed by atoms with Gasteiger partial charge in [0.25, 0.3) is 0 Å². The molecule has 3 rings (SSSR count). The summed E-state index contributed by atoms with van der Waals surface area (Å²) in [6.07, 6.45) is 3.31. The van der Waals surface area contributed by atoms with Crippen LogP contribution in [0.1, 0.15) is 18.5 Å². The third-order valence-corrected chi connectivity index (χ3v) is 3.31. The largest absolute Gasteiger partial charge is 0.497 e. The van der Waals surface area contributed by atoms with Gasteiger partial charge >= 0.3 is 0 Å². The van der Waals surface area contributed by atoms with Crippen LogP contribution in [0.3, 0.4) is 0 Å². The molecule has 2 aromatic heterocycles. The Hall–Kier alpha value is -2.69. The Morgan fingerprint density at radius 3 is 2.52 bits per heavy atom. The Morgan fingerprint density at radius 2 is 1.76 bits per heavy atom. The van der Waals surface area contributed by atoms with E-state index in [1.165, 1.54) is 0 Å². The van der Waals surface area contributed by atoms with Crippen LogP contribution in [-0.4, -0.2) is 22.1 Å². The van der Waals surface area contributed by atoms with E-state index < -0.39 is 0 Å². The van der Waals surface area contributed by atoms with E-state index in [1.54, 1.807) is 19.5 Å². The zero-order chi connectivity index (χ0) is 14.7. The predicted octanol–water partition coefficient (Wildman–Crippen LogP) is 3.21. The summed E-state index contributed by atoms with van der Waals surface area (Å²) in [5.74, 6) is 1.64. The van der Waals surface area contributed by atoms with E-state index in [0.717, 1.165) is 22.6 Å². The van der Waals surface area contributed by atoms with Crippen molar-refractivity contribution in [2.24, 2.45) is 0 Å². The number of ether oxygens (including phenoxy) is 1. The lowest BCUT2D eigenvalue weighted by Gasteiger charge is -2.15. The summed E-state index contributed by atoms with van der Waals surface area (Å²) in [6, 6.07) is 11.9. The Morgan fingerprint density at radius 1 is 1.00 bits per heavy atom. The lowest BCUT2D eigenvalue weighted by molar-refractivity contribution is 0.414. The van der Waals surface area contributed by atoms with Crippen molar-refractivity contribution in [3.05, 3.63) is 54.4 Å². The molecule has 0 radical (unpaired) electrons. The van der Waals surface area contributed by atoms with Crippen LogP contribution in [0, 0.1) is 0 Å². The van der Waals surface area contributed by atoms with Gasteiger partial charge in [0.15, 0.2) is 5.65 Å². The molecule has 0 spiro atoms. The number of fused-ring (bicyclic) bond motifs is 1. The second kappa shape index (κ2) is 5.75. The van der Waals surface area contributed by atoms with Gasteiger partial charge in [0, 0.05) is 18.4 Å². The molecule has 0 fully saturated rings. The van der Waals surface area contributed by atoms with Gasteiger partial charge in [-0.15, -0.1) is 0 Å². The van der Waals surface area contributed by atoms with Gasteiger partial charge in [0.1, 0.15) is 17.1 Å². The second-order valence-corrected chi connectivity index (χ2v) is 4.73. The van der Waals surface area contributed by atoms with Crippen LogP contribution in [-0.2, 0) is 0 Å². The van der Waals surface area contributed by atoms with Crippen LogP contribution in [0.5, 0.6) is 5.75 Å². The molecule has 1 aromatic carbocycles. The van der Waals surface area contributed by atoms with Gasteiger partial charge in [-0.2, -0.15) is 0 Å². The number of aromatic nitrogens is 3. The molecule has 0 aliphatic rings. The SMILES string of the molecule is COc1ccc(C(C)Nc2ccc3nccnc3n2)cc1. The topological polar surface area (TPSA) is 59.9 Å². The van der Waals surface area contributed by atoms with Crippen LogP contribution in [0.4, 0.5) is 5.82 Å². The summed E-state index contributed by atoms with van der Waals surface area (Å²) in [5.41, 5.74) is 2.60. The molecule has 5 heteroatoms. The number of rotatable bonds is 4. The van der Waals surface area contributed by atoms with Crippen molar-refractivity contribution in [3.63, 3.8) is 0 Å². The summed E-state index contributed by atoms with van der Waals surface area (Å²) in [4.78, 5) is 12.9. The summed E-state index contributed by atoms with van der Waals surface area (Å²) >= 11 is 0. The Kier molecular flexibility index (Phi) is 3.64. The normalized spacial score (nSPS) is 12.1. The smallest absolute Gasteiger partial charge is 0.180 e. The lowest BCUT2D eigenvalue weighted by atomic mass is 10.1. The summed E-state index contributed by atoms with van der Waals surface area (Å²) in [5, 5.41) is 3.37. The first kappa shape index (κ1) is 13.3. The van der Waals surface area contributed by atoms with Crippen molar-refractivity contribution < 1.29 is 4.74 Å². The Labute approximate surface area is 123 Å². The van der Waals surface area contributed by atoms with E-state index in [2.05, 4.69) is 27.2 Å². The van der Waals surface area contributed by atoms with Crippen molar-refractivity contribution in [2.75, 3.05) is 12.4 Å². The first-order chi connectivity index (χ1) is 10.3. The number of hydrogen-bond acceptors (Lipinski definition) is 5. The zero-order valence-electron chi connectivity index (χ0n) is 11.9. The molecule has 0 bridgehead atoms. The third-order valence-electron chi connectivity index (χ3n) is 3.31. The lowest BCUT2D eigenvalue weighted by Crippen LogP contribution is -2.08. The molecule has 2 heterocycles. The third kappa shape index (κ3) is 2.91. The van der Waals surface area contributed by atoms with Crippen molar-refractivity contribution in [2.45, 2.75) is 13.0 Å². The number of nitrogens with zero attached hydrogens (tertiary/aromatic N) is 3. The van der Waals surface area contributed by atoms with Crippen LogP contribution >= 0.6 is 0 Å². The standard InChI is InChI=1S/C16H16N4O/c1-11(12-3-5-13(21-2)6-4-12)19-15-8-7-14-16(20-15)18-10-9-17-14/h3-11H,1-2H3,(H,18,19,20). The van der Waals surface area contributed by atoms with Gasteiger partial charge in [-0.25, -0.2) is 9.97 Å². The summed E-state index contributed by atoms with van der Waals surface area (Å²) < 4.78 is 5.17. The highest BCUT2D eigenvalue weighted by Gasteiger charge is 2.07. The number of hydrogen-bond donors (Lipinski definition) is 1. The van der Waals surface area contributed by atoms with Crippen molar-refractivity contribution in [3.8, 4) is 5.75 Å². The molecule has 1 atom stereocenters. The first-order valence-electron chi connectivity index (χ1n) is 6.74. The van der Waals surface area contributed by atoms with Crippen molar-refractivity contribution >= 4 is 17.0 Å². The van der Waals surface area contributed by atoms with E-state index in [1.807, 2.05) is 36.4 Å². The summed E-state index contributed by atoms with van der Waals surface area (Å²) in [7, 11) is 1.66. The van der Waals surface area contributed by atoms with E-state index in [-0.39, 0.29) is 6.04 Å². The number of benzene rings is 1. The molecule has 106 valence electrons. The molecular weight excluding hydrogens is 264 g/mol. The van der Waals surface area contributed by atoms with Crippen LogP contribution in [0.15, 0.2) is 48.8 Å². The first-order valence-corrected chi connectivity index (χ1v) is 6.74. The fourth-order valence-electron chi connectivity index (χ4n) is 2.13. The average Bonchev–Trinajstić information content (AvgIpc) is 2.55. The average molecular weight is 280 g/mol. The van der Waals surface area contributed by atoms with E-state index in [9.17, 15) is 0 Å². The fraction of sp³-hybridized carbons (Fsp3) is 0.188. The molecule has 0 amide bonds. The van der Waals surface area contributed by atoms with E-state index >= 15 is 0 Å². The minimum absolute atomic E-state index is 0.137. The van der Waals surface area contributed by atoms with Gasteiger partial charge in [0.2, 0.25) is 0 Å². The Bertz CT molecular complexity index is 743. The zero-order valence-corrected chi connectivity index (χ0v) is 11.9. The van der Waals surface area contributed by atoms with E-state index in [4.69, 9.17) is 4.74 Å². The quantitative estimate of drug-likeness (QED) is 0.795. The number of methoxy groups -OCH3 is 1. The molecule has 1 N–H and O–H groups in total. The predicted molar refractivity (Wildman–Crippen MR) is 82.4 cm³/mol. The second-order valence-electron chi connectivity index (χ2n) is 4.73. The van der Waals surface area contributed by atoms with Gasteiger partial charge in [0.05, 0.1) is 7.11 Å². The molecule has 0 aliphatic heterocycles. The molecule has 0 saturated carbocycles. The summed E-state index contributed by atoms with van der Waals surface area (Å²) in [6.45, 7) is 2.09. The van der Waals surface area contributed by atoms with E-state index in [0.29, 0.717) is 5.65 Å². The molecule has 5 nitrogen and oxygen atoms in total. The highest BCUT2D eigenvalue weighted by Crippen LogP contribution is 2.21. The van der Waals surface area contributed by atoms with Gasteiger partial charge < -0.3 is 10.1 Å². The number of pyridine rings is 1. The number of anilines is 1. The maximum atomic E-state index is 5.17. The molecule has 1 unspecified atom stereocenters. The highest BCUT2D eigenvalue weighted by molar-refractivity contribution is 5.71. The minimum atomic E-state index is 0.137. The molecular formula is C16H16N4O. The maximum absolute atomic E-state index is 5.17. The van der Waals surface area contributed by atoms with Gasteiger partial charge in [-0.05, 0) is 36.8 Å². The highest BCUT2D eigenvalue weighted by atomic mass is 16.5. The van der Waals surface area contributed by atoms with Crippen molar-refractivity contribution in [1.82, 2.24) is 15.0 Å². The minimum Gasteiger partial charge on any atom is -0.497 e. The molecule has 0 saturated heterocycles. The van der Waals surface area contributed by atoms with Crippen LogP contribution in [0.2, 0.25) is 0 Å². The Balaban J connectivity index is 1.79. The fourth-order valence-corrected chi connectivity index (χ4v) is 2.13. The van der Waals surface area contributed by atoms with Gasteiger partial charge in [-0.1, -0.05) is 12.1 Å². The monoisotopic (exact) mass is 280 g/mol. The molecule has 21 heavy (non-hydrogen) atoms. The van der Waals surface area contributed by atoms with Gasteiger partial charge in [-0.3, -0.25) is 4.98 Å². The molecule has 0 aliphatic carbocycles. The number of nitrogens with one attached hydrogen (secondary N) is 1. The van der Waals surface area contributed by atoms with Crippen LogP contribution < -0.4 is 10.1 Å². The molecule has 3 aromatic rings. The van der Waals surface area contributed by atoms with Crippen molar-refractivity contribution in [1.29, 1.82) is 0 Å². The maximum Gasteiger partial charge on any atom is 0.180 e.